The minimum Gasteiger partial charge on any atom is -0.389 e. The Morgan fingerprint density at radius 3 is 2.68 bits per heavy atom. The molecule has 25 heavy (non-hydrogen) atoms. The maximum atomic E-state index is 12.3. The molecule has 0 aromatic heterocycles. The van der Waals surface area contributed by atoms with Gasteiger partial charge in [-0.05, 0) is 73.2 Å². The number of fused-ring (bicyclic) bond motifs is 5. The first-order valence-electron chi connectivity index (χ1n) is 9.87. The number of Topliss-reactive ketones (excluding diaryl/α,β-unsaturated/α-hetero) is 2. The molecule has 3 saturated carbocycles. The van der Waals surface area contributed by atoms with Crippen LogP contribution in [0.15, 0.2) is 11.6 Å². The molecule has 4 aliphatic rings. The van der Waals surface area contributed by atoms with E-state index < -0.39 is 6.10 Å². The number of rotatable bonds is 2. The zero-order valence-corrected chi connectivity index (χ0v) is 15.3. The molecule has 4 heteroatoms. The molecule has 0 spiro atoms. The lowest BCUT2D eigenvalue weighted by atomic mass is 9.46. The lowest BCUT2D eigenvalue weighted by molar-refractivity contribution is -0.135. The molecule has 2 N–H and O–H groups in total. The lowest BCUT2D eigenvalue weighted by Crippen LogP contribution is -2.52. The van der Waals surface area contributed by atoms with Gasteiger partial charge in [0.25, 0.3) is 0 Å². The number of hydrogen-bond donors (Lipinski definition) is 2. The minimum atomic E-state index is -0.911. The van der Waals surface area contributed by atoms with Crippen molar-refractivity contribution in [3.05, 3.63) is 11.6 Å². The molecule has 4 nitrogen and oxygen atoms in total. The van der Waals surface area contributed by atoms with Crippen LogP contribution in [-0.4, -0.2) is 34.5 Å². The second kappa shape index (κ2) is 5.75. The average Bonchev–Trinajstić information content (AvgIpc) is 2.93. The third-order valence-corrected chi connectivity index (χ3v) is 8.51. The predicted octanol–water partition coefficient (Wildman–Crippen LogP) is 2.67. The molecule has 4 aliphatic carbocycles. The maximum absolute atomic E-state index is 12.3. The fourth-order valence-electron chi connectivity index (χ4n) is 7.23. The van der Waals surface area contributed by atoms with E-state index in [4.69, 9.17) is 0 Å². The number of carbonyl (C=O) groups is 2. The summed E-state index contributed by atoms with van der Waals surface area (Å²) in [5, 5.41) is 19.3. The van der Waals surface area contributed by atoms with Crippen LogP contribution in [0.5, 0.6) is 0 Å². The van der Waals surface area contributed by atoms with E-state index in [2.05, 4.69) is 13.8 Å². The van der Waals surface area contributed by atoms with E-state index in [0.29, 0.717) is 24.2 Å². The largest absolute Gasteiger partial charge is 0.389 e. The topological polar surface area (TPSA) is 74.6 Å². The quantitative estimate of drug-likeness (QED) is 0.754. The minimum absolute atomic E-state index is 0.00278. The van der Waals surface area contributed by atoms with E-state index in [0.717, 1.165) is 38.5 Å². The van der Waals surface area contributed by atoms with E-state index in [9.17, 15) is 19.8 Å². The highest BCUT2D eigenvalue weighted by Crippen LogP contribution is 2.66. The van der Waals surface area contributed by atoms with Gasteiger partial charge in [0, 0.05) is 12.3 Å². The van der Waals surface area contributed by atoms with Gasteiger partial charge in [0.2, 0.25) is 0 Å². The molecule has 0 aliphatic heterocycles. The van der Waals surface area contributed by atoms with Crippen molar-refractivity contribution < 1.29 is 19.8 Å². The summed E-state index contributed by atoms with van der Waals surface area (Å²) in [6.07, 6.45) is 7.47. The molecule has 0 aromatic carbocycles. The van der Waals surface area contributed by atoms with Crippen molar-refractivity contribution in [2.75, 3.05) is 6.61 Å². The molecule has 0 bridgehead atoms. The highest BCUT2D eigenvalue weighted by molar-refractivity contribution is 5.87. The molecule has 0 saturated heterocycles. The Morgan fingerprint density at radius 1 is 1.20 bits per heavy atom. The van der Waals surface area contributed by atoms with Crippen LogP contribution in [0.25, 0.3) is 0 Å². The number of aliphatic hydroxyl groups excluding tert-OH is 2. The summed E-state index contributed by atoms with van der Waals surface area (Å²) in [7, 11) is 0. The van der Waals surface area contributed by atoms with Crippen molar-refractivity contribution in [1.82, 2.24) is 0 Å². The van der Waals surface area contributed by atoms with Crippen LogP contribution < -0.4 is 0 Å². The molecule has 1 unspecified atom stereocenters. The van der Waals surface area contributed by atoms with Crippen molar-refractivity contribution in [2.45, 2.75) is 64.9 Å². The molecule has 0 radical (unpaired) electrons. The fraction of sp³-hybridized carbons (Fsp3) is 0.810. The van der Waals surface area contributed by atoms with E-state index in [1.807, 2.05) is 6.08 Å². The molecule has 0 heterocycles. The van der Waals surface area contributed by atoms with Crippen molar-refractivity contribution in [1.29, 1.82) is 0 Å². The molecule has 0 amide bonds. The van der Waals surface area contributed by atoms with Gasteiger partial charge in [-0.1, -0.05) is 19.4 Å². The summed E-state index contributed by atoms with van der Waals surface area (Å²) in [5.41, 5.74) is 1.18. The Balaban J connectivity index is 1.65. The van der Waals surface area contributed by atoms with Crippen LogP contribution in [-0.2, 0) is 9.59 Å². The first-order chi connectivity index (χ1) is 11.8. The zero-order chi connectivity index (χ0) is 18.0. The molecule has 4 rings (SSSR count). The van der Waals surface area contributed by atoms with E-state index in [-0.39, 0.29) is 34.9 Å². The first kappa shape index (κ1) is 17.4. The van der Waals surface area contributed by atoms with Gasteiger partial charge >= 0.3 is 0 Å². The zero-order valence-electron chi connectivity index (χ0n) is 15.3. The van der Waals surface area contributed by atoms with Gasteiger partial charge in [-0.15, -0.1) is 0 Å². The fourth-order valence-corrected chi connectivity index (χ4v) is 7.23. The lowest BCUT2D eigenvalue weighted by Gasteiger charge is -2.58. The molecular weight excluding hydrogens is 316 g/mol. The van der Waals surface area contributed by atoms with Gasteiger partial charge in [0.15, 0.2) is 11.6 Å². The third kappa shape index (κ3) is 2.33. The Morgan fingerprint density at radius 2 is 1.96 bits per heavy atom. The Kier molecular flexibility index (Phi) is 4.01. The summed E-state index contributed by atoms with van der Waals surface area (Å²) in [5.74, 6) is 1.53. The SMILES string of the molecule is C[C@]12CC[C@H]3[C@@H](CCC4=CC(O)C(=O)C[C@@]43C)[C@@H]1CC[C@@H]2C(=O)CO. The van der Waals surface area contributed by atoms with Crippen molar-refractivity contribution in [3.63, 3.8) is 0 Å². The van der Waals surface area contributed by atoms with Crippen LogP contribution >= 0.6 is 0 Å². The standard InChI is InChI=1S/C21H30O4/c1-20-8-7-15-13(14(20)5-6-16(20)19(25)11-22)4-3-12-9-17(23)18(24)10-21(12,15)2/h9,13-17,22-23H,3-8,10-11H2,1-2H3/t13-,14-,15-,16+,17?,20-,21-/m0/s1. The van der Waals surface area contributed by atoms with Gasteiger partial charge in [-0.3, -0.25) is 9.59 Å². The van der Waals surface area contributed by atoms with Crippen molar-refractivity contribution in [2.24, 2.45) is 34.5 Å². The number of carbonyl (C=O) groups excluding carboxylic acids is 2. The van der Waals surface area contributed by atoms with Crippen LogP contribution in [0, 0.1) is 34.5 Å². The molecule has 7 atom stereocenters. The van der Waals surface area contributed by atoms with Crippen LogP contribution in [0.2, 0.25) is 0 Å². The van der Waals surface area contributed by atoms with Gasteiger partial charge in [0.1, 0.15) is 12.7 Å². The first-order valence-corrected chi connectivity index (χ1v) is 9.87. The number of hydrogen-bond acceptors (Lipinski definition) is 4. The summed E-state index contributed by atoms with van der Waals surface area (Å²) >= 11 is 0. The number of ketones is 2. The normalized spacial score (nSPS) is 49.0. The summed E-state index contributed by atoms with van der Waals surface area (Å²) < 4.78 is 0. The Hall–Kier alpha value is -1.00. The van der Waals surface area contributed by atoms with Gasteiger partial charge in [-0.25, -0.2) is 0 Å². The van der Waals surface area contributed by atoms with E-state index >= 15 is 0 Å². The predicted molar refractivity (Wildman–Crippen MR) is 93.7 cm³/mol. The molecule has 138 valence electrons. The summed E-state index contributed by atoms with van der Waals surface area (Å²) in [4.78, 5) is 24.5. The van der Waals surface area contributed by atoms with Crippen LogP contribution in [0.1, 0.15) is 58.8 Å². The van der Waals surface area contributed by atoms with Crippen LogP contribution in [0.3, 0.4) is 0 Å². The molecule has 3 fully saturated rings. The van der Waals surface area contributed by atoms with Gasteiger partial charge in [0.05, 0.1) is 0 Å². The van der Waals surface area contributed by atoms with Gasteiger partial charge in [-0.2, -0.15) is 0 Å². The highest BCUT2D eigenvalue weighted by Gasteiger charge is 2.60. The van der Waals surface area contributed by atoms with Gasteiger partial charge < -0.3 is 10.2 Å². The number of aliphatic hydroxyl groups is 2. The second-order valence-corrected chi connectivity index (χ2v) is 9.41. The van der Waals surface area contributed by atoms with E-state index in [1.165, 1.54) is 5.57 Å². The maximum Gasteiger partial charge on any atom is 0.166 e. The van der Waals surface area contributed by atoms with Crippen LogP contribution in [0.4, 0.5) is 0 Å². The molecular formula is C21H30O4. The summed E-state index contributed by atoms with van der Waals surface area (Å²) in [6, 6.07) is 0. The molecule has 0 aromatic rings. The third-order valence-electron chi connectivity index (χ3n) is 8.51. The smallest absolute Gasteiger partial charge is 0.166 e. The monoisotopic (exact) mass is 346 g/mol. The van der Waals surface area contributed by atoms with Crippen molar-refractivity contribution >= 4 is 11.6 Å². The average molecular weight is 346 g/mol. The Bertz CT molecular complexity index is 638. The summed E-state index contributed by atoms with van der Waals surface area (Å²) in [6.45, 7) is 4.16. The number of allylic oxidation sites excluding steroid dienone is 1. The van der Waals surface area contributed by atoms with Crippen molar-refractivity contribution in [3.8, 4) is 0 Å². The second-order valence-electron chi connectivity index (χ2n) is 9.41. The Labute approximate surface area is 149 Å². The van der Waals surface area contributed by atoms with E-state index in [1.54, 1.807) is 0 Å². The highest BCUT2D eigenvalue weighted by atomic mass is 16.3.